The summed E-state index contributed by atoms with van der Waals surface area (Å²) in [5, 5.41) is 4.90. The Morgan fingerprint density at radius 3 is 2.42 bits per heavy atom. The van der Waals surface area contributed by atoms with E-state index in [4.69, 9.17) is 15.2 Å². The Hall–Kier alpha value is -4.14. The number of carbonyl (C=O) groups excluding carboxylic acids is 2. The summed E-state index contributed by atoms with van der Waals surface area (Å²) in [6.07, 6.45) is 0.751. The van der Waals surface area contributed by atoms with Crippen molar-refractivity contribution >= 4 is 17.8 Å². The minimum absolute atomic E-state index is 0.0375. The van der Waals surface area contributed by atoms with E-state index < -0.39 is 23.5 Å². The molecule has 0 fully saturated rings. The Morgan fingerprint density at radius 2 is 1.76 bits per heavy atom. The largest absolute Gasteiger partial charge is 0.454 e. The Bertz CT molecular complexity index is 1150. The van der Waals surface area contributed by atoms with Crippen molar-refractivity contribution in [1.82, 2.24) is 10.3 Å². The van der Waals surface area contributed by atoms with Gasteiger partial charge in [0.1, 0.15) is 11.4 Å². The van der Waals surface area contributed by atoms with Crippen molar-refractivity contribution in [3.8, 4) is 22.6 Å². The molecule has 0 unspecified atom stereocenters. The predicted molar refractivity (Wildman–Crippen MR) is 122 cm³/mol. The number of halogens is 1. The number of aromatic nitrogens is 1. The number of para-hydroxylation sites is 1. The monoisotopic (exact) mass is 452 g/mol. The summed E-state index contributed by atoms with van der Waals surface area (Å²) in [6, 6.07) is 14.4. The fourth-order valence-corrected chi connectivity index (χ4v) is 2.98. The number of amides is 3. The quantitative estimate of drug-likeness (QED) is 0.476. The van der Waals surface area contributed by atoms with Crippen LogP contribution >= 0.6 is 0 Å². The zero-order valence-corrected chi connectivity index (χ0v) is 18.5. The Morgan fingerprint density at radius 1 is 1.03 bits per heavy atom. The molecule has 172 valence electrons. The summed E-state index contributed by atoms with van der Waals surface area (Å²) in [7, 11) is 0. The number of nitrogens with one attached hydrogen (secondary N) is 2. The number of pyridine rings is 1. The number of anilines is 1. The molecule has 0 spiro atoms. The van der Waals surface area contributed by atoms with E-state index in [-0.39, 0.29) is 18.0 Å². The van der Waals surface area contributed by atoms with Gasteiger partial charge in [0.15, 0.2) is 11.6 Å². The first-order chi connectivity index (χ1) is 15.6. The third-order valence-corrected chi connectivity index (χ3v) is 4.31. The van der Waals surface area contributed by atoms with Crippen LogP contribution in [0, 0.1) is 5.82 Å². The van der Waals surface area contributed by atoms with Gasteiger partial charge in [-0.3, -0.25) is 10.3 Å². The number of hydrogen-bond acceptors (Lipinski definition) is 5. The van der Waals surface area contributed by atoms with Crippen molar-refractivity contribution in [2.75, 3.05) is 5.32 Å². The number of carbonyl (C=O) groups is 2. The van der Waals surface area contributed by atoms with E-state index in [9.17, 15) is 9.59 Å². The minimum atomic E-state index is -0.799. The molecule has 0 aliphatic rings. The normalized spacial score (nSPS) is 10.9. The van der Waals surface area contributed by atoms with Crippen LogP contribution in [0.15, 0.2) is 60.8 Å². The van der Waals surface area contributed by atoms with Gasteiger partial charge < -0.3 is 20.5 Å². The molecule has 1 heterocycles. The number of nitrogens with two attached hydrogens (primary N) is 1. The van der Waals surface area contributed by atoms with Crippen LogP contribution in [0.25, 0.3) is 11.1 Å². The first-order valence-corrected chi connectivity index (χ1v) is 10.2. The number of nitrogens with zero attached hydrogens (tertiary/aromatic N) is 1. The van der Waals surface area contributed by atoms with Gasteiger partial charge in [0, 0.05) is 17.3 Å². The van der Waals surface area contributed by atoms with Gasteiger partial charge >= 0.3 is 12.1 Å². The van der Waals surface area contributed by atoms with E-state index in [0.29, 0.717) is 22.6 Å². The Kier molecular flexibility index (Phi) is 7.12. The molecule has 0 atom stereocenters. The maximum Gasteiger partial charge on any atom is 0.412 e. The Balaban J connectivity index is 2.06. The molecule has 9 heteroatoms. The van der Waals surface area contributed by atoms with Crippen LogP contribution in [0.1, 0.15) is 26.5 Å². The number of hydrogen-bond donors (Lipinski definition) is 3. The number of primary amides is 1. The van der Waals surface area contributed by atoms with Crippen LogP contribution in [-0.2, 0) is 11.3 Å². The van der Waals surface area contributed by atoms with Gasteiger partial charge in [0.25, 0.3) is 0 Å². The molecule has 3 rings (SSSR count). The molecule has 33 heavy (non-hydrogen) atoms. The van der Waals surface area contributed by atoms with E-state index in [1.165, 1.54) is 6.07 Å². The van der Waals surface area contributed by atoms with Crippen LogP contribution in [-0.4, -0.2) is 22.7 Å². The molecule has 0 radical (unpaired) electrons. The van der Waals surface area contributed by atoms with Gasteiger partial charge in [0.05, 0.1) is 17.9 Å². The van der Waals surface area contributed by atoms with E-state index in [1.807, 2.05) is 0 Å². The third-order valence-electron chi connectivity index (χ3n) is 4.31. The van der Waals surface area contributed by atoms with E-state index >= 15 is 4.39 Å². The van der Waals surface area contributed by atoms with Crippen molar-refractivity contribution in [3.05, 3.63) is 72.3 Å². The fourth-order valence-electron chi connectivity index (χ4n) is 2.98. The number of benzene rings is 2. The third kappa shape index (κ3) is 6.42. The van der Waals surface area contributed by atoms with E-state index in [1.54, 1.807) is 75.5 Å². The molecule has 0 aliphatic carbocycles. The van der Waals surface area contributed by atoms with Crippen molar-refractivity contribution in [3.63, 3.8) is 0 Å². The van der Waals surface area contributed by atoms with Gasteiger partial charge in [-0.05, 0) is 51.1 Å². The second-order valence-electron chi connectivity index (χ2n) is 8.06. The molecule has 0 saturated heterocycles. The van der Waals surface area contributed by atoms with Crippen molar-refractivity contribution in [2.24, 2.45) is 5.73 Å². The second-order valence-corrected chi connectivity index (χ2v) is 8.06. The maximum absolute atomic E-state index is 15.6. The highest BCUT2D eigenvalue weighted by atomic mass is 19.1. The first kappa shape index (κ1) is 23.5. The SMILES string of the molecule is CC(C)(C)OC(=O)Nc1ccc(-c2cccnc2CNC(N)=O)c(Oc2ccccc2)c1F. The summed E-state index contributed by atoms with van der Waals surface area (Å²) in [4.78, 5) is 27.7. The van der Waals surface area contributed by atoms with Gasteiger partial charge in [-0.1, -0.05) is 24.3 Å². The first-order valence-electron chi connectivity index (χ1n) is 10.2. The molecule has 4 N–H and O–H groups in total. The average Bonchev–Trinajstić information content (AvgIpc) is 2.75. The molecule has 2 aromatic carbocycles. The summed E-state index contributed by atoms with van der Waals surface area (Å²) in [6.45, 7) is 5.16. The van der Waals surface area contributed by atoms with Crippen LogP contribution < -0.4 is 21.1 Å². The molecule has 3 aromatic rings. The Labute approximate surface area is 190 Å². The van der Waals surface area contributed by atoms with Crippen LogP contribution in [0.5, 0.6) is 11.5 Å². The molecule has 0 bridgehead atoms. The number of ether oxygens (including phenoxy) is 2. The molecule has 0 saturated carbocycles. The minimum Gasteiger partial charge on any atom is -0.454 e. The van der Waals surface area contributed by atoms with Crippen molar-refractivity contribution in [2.45, 2.75) is 32.9 Å². The summed E-state index contributed by atoms with van der Waals surface area (Å²) in [5.74, 6) is -0.518. The van der Waals surface area contributed by atoms with E-state index in [2.05, 4.69) is 15.6 Å². The lowest BCUT2D eigenvalue weighted by molar-refractivity contribution is 0.0635. The molecule has 1 aromatic heterocycles. The van der Waals surface area contributed by atoms with Gasteiger partial charge in [0.2, 0.25) is 0 Å². The molecule has 8 nitrogen and oxygen atoms in total. The standard InChI is InChI=1S/C24H25FN4O4/c1-24(2,3)33-23(31)29-18-12-11-17(16-10-7-13-27-19(16)14-28-22(26)30)21(20(18)25)32-15-8-5-4-6-9-15/h4-13H,14H2,1-3H3,(H,29,31)(H3,26,28,30). The fraction of sp³-hybridized carbons (Fsp3) is 0.208. The zero-order chi connectivity index (χ0) is 24.0. The van der Waals surface area contributed by atoms with Crippen molar-refractivity contribution in [1.29, 1.82) is 0 Å². The topological polar surface area (TPSA) is 116 Å². The molecular formula is C24H25FN4O4. The molecular weight excluding hydrogens is 427 g/mol. The van der Waals surface area contributed by atoms with Gasteiger partial charge in [-0.2, -0.15) is 0 Å². The highest BCUT2D eigenvalue weighted by molar-refractivity contribution is 5.87. The number of urea groups is 1. The molecule has 3 amide bonds. The van der Waals surface area contributed by atoms with Crippen LogP contribution in [0.4, 0.5) is 19.7 Å². The zero-order valence-electron chi connectivity index (χ0n) is 18.5. The smallest absolute Gasteiger partial charge is 0.412 e. The lowest BCUT2D eigenvalue weighted by atomic mass is 10.0. The highest BCUT2D eigenvalue weighted by Crippen LogP contribution is 2.40. The number of rotatable bonds is 6. The van der Waals surface area contributed by atoms with Crippen LogP contribution in [0.3, 0.4) is 0 Å². The average molecular weight is 452 g/mol. The predicted octanol–water partition coefficient (Wildman–Crippen LogP) is 5.20. The summed E-state index contributed by atoms with van der Waals surface area (Å²) in [5.41, 5.74) is 5.68. The lowest BCUT2D eigenvalue weighted by Gasteiger charge is -2.21. The molecule has 0 aliphatic heterocycles. The van der Waals surface area contributed by atoms with E-state index in [0.717, 1.165) is 0 Å². The van der Waals surface area contributed by atoms with Crippen LogP contribution in [0.2, 0.25) is 0 Å². The van der Waals surface area contributed by atoms with Crippen molar-refractivity contribution < 1.29 is 23.5 Å². The highest BCUT2D eigenvalue weighted by Gasteiger charge is 2.23. The second kappa shape index (κ2) is 9.99. The summed E-state index contributed by atoms with van der Waals surface area (Å²) >= 11 is 0. The maximum atomic E-state index is 15.6. The lowest BCUT2D eigenvalue weighted by Crippen LogP contribution is -2.29. The van der Waals surface area contributed by atoms with Gasteiger partial charge in [-0.15, -0.1) is 0 Å². The van der Waals surface area contributed by atoms with Gasteiger partial charge in [-0.25, -0.2) is 14.0 Å². The summed E-state index contributed by atoms with van der Waals surface area (Å²) < 4.78 is 26.8.